The van der Waals surface area contributed by atoms with E-state index in [1.165, 1.54) is 13.3 Å². The number of pyridine rings is 1. The second-order valence-electron chi connectivity index (χ2n) is 3.54. The van der Waals surface area contributed by atoms with Gasteiger partial charge < -0.3 is 9.84 Å². The fourth-order valence-electron chi connectivity index (χ4n) is 1.58. The lowest BCUT2D eigenvalue weighted by molar-refractivity contribution is 0.282. The monoisotopic (exact) mass is 233 g/mol. The molecule has 0 aliphatic carbocycles. The van der Waals surface area contributed by atoms with Crippen molar-refractivity contribution >= 4 is 0 Å². The minimum atomic E-state index is -0.480. The zero-order chi connectivity index (χ0) is 12.3. The molecule has 0 aliphatic heterocycles. The van der Waals surface area contributed by atoms with Gasteiger partial charge in [0.2, 0.25) is 0 Å². The van der Waals surface area contributed by atoms with Crippen molar-refractivity contribution in [2.75, 3.05) is 7.11 Å². The molecule has 2 aromatic rings. The van der Waals surface area contributed by atoms with Crippen LogP contribution in [0.4, 0.5) is 4.39 Å². The van der Waals surface area contributed by atoms with Crippen LogP contribution in [0.5, 0.6) is 5.88 Å². The van der Waals surface area contributed by atoms with Crippen LogP contribution in [0.1, 0.15) is 5.56 Å². The number of hydrogen-bond acceptors (Lipinski definition) is 3. The molecule has 0 aliphatic rings. The number of rotatable bonds is 3. The lowest BCUT2D eigenvalue weighted by Crippen LogP contribution is -1.94. The molecule has 1 aromatic heterocycles. The third-order valence-corrected chi connectivity index (χ3v) is 2.50. The first kappa shape index (κ1) is 11.5. The van der Waals surface area contributed by atoms with E-state index < -0.39 is 5.82 Å². The average Bonchev–Trinajstić information content (AvgIpc) is 2.39. The number of ether oxygens (including phenoxy) is 1. The molecule has 0 saturated carbocycles. The van der Waals surface area contributed by atoms with E-state index in [9.17, 15) is 4.39 Å². The molecular formula is C13H12FNO2. The molecule has 0 unspecified atom stereocenters. The normalized spacial score (nSPS) is 10.3. The molecule has 3 nitrogen and oxygen atoms in total. The Labute approximate surface area is 98.5 Å². The average molecular weight is 233 g/mol. The molecule has 1 N–H and O–H groups in total. The topological polar surface area (TPSA) is 42.4 Å². The number of benzene rings is 1. The zero-order valence-electron chi connectivity index (χ0n) is 9.35. The number of aromatic nitrogens is 1. The van der Waals surface area contributed by atoms with Crippen molar-refractivity contribution < 1.29 is 14.2 Å². The van der Waals surface area contributed by atoms with Crippen molar-refractivity contribution in [3.05, 3.63) is 47.9 Å². The van der Waals surface area contributed by atoms with E-state index in [1.807, 2.05) is 0 Å². The van der Waals surface area contributed by atoms with Crippen LogP contribution in [-0.2, 0) is 6.61 Å². The minimum absolute atomic E-state index is 0.0197. The van der Waals surface area contributed by atoms with E-state index in [0.29, 0.717) is 5.56 Å². The Morgan fingerprint density at radius 1 is 1.24 bits per heavy atom. The molecule has 0 bridgehead atoms. The largest absolute Gasteiger partial charge is 0.479 e. The maximum absolute atomic E-state index is 13.9. The maximum atomic E-state index is 13.9. The summed E-state index contributed by atoms with van der Waals surface area (Å²) >= 11 is 0. The molecule has 88 valence electrons. The van der Waals surface area contributed by atoms with Crippen LogP contribution < -0.4 is 4.74 Å². The molecule has 0 atom stereocenters. The van der Waals surface area contributed by atoms with Crippen LogP contribution in [0.2, 0.25) is 0 Å². The number of nitrogens with zero attached hydrogens (tertiary/aromatic N) is 1. The number of methoxy groups -OCH3 is 1. The molecule has 4 heteroatoms. The van der Waals surface area contributed by atoms with Gasteiger partial charge in [0.25, 0.3) is 5.88 Å². The predicted molar refractivity (Wildman–Crippen MR) is 62.1 cm³/mol. The SMILES string of the molecule is COc1nccc(-c2ccc(CO)cc2)c1F. The van der Waals surface area contributed by atoms with E-state index >= 15 is 0 Å². The smallest absolute Gasteiger partial charge is 0.250 e. The Balaban J connectivity index is 2.45. The summed E-state index contributed by atoms with van der Waals surface area (Å²) in [6, 6.07) is 8.60. The molecule has 0 saturated heterocycles. The quantitative estimate of drug-likeness (QED) is 0.885. The number of aliphatic hydroxyl groups is 1. The lowest BCUT2D eigenvalue weighted by Gasteiger charge is -2.07. The van der Waals surface area contributed by atoms with Gasteiger partial charge in [-0.25, -0.2) is 9.37 Å². The second kappa shape index (κ2) is 4.93. The summed E-state index contributed by atoms with van der Waals surface area (Å²) in [5.74, 6) is -0.500. The molecule has 0 radical (unpaired) electrons. The highest BCUT2D eigenvalue weighted by atomic mass is 19.1. The van der Waals surface area contributed by atoms with Crippen LogP contribution in [0, 0.1) is 5.82 Å². The van der Waals surface area contributed by atoms with Gasteiger partial charge in [-0.05, 0) is 17.2 Å². The Morgan fingerprint density at radius 3 is 2.53 bits per heavy atom. The van der Waals surface area contributed by atoms with Crippen molar-refractivity contribution in [3.63, 3.8) is 0 Å². The van der Waals surface area contributed by atoms with Gasteiger partial charge in [0.05, 0.1) is 13.7 Å². The van der Waals surface area contributed by atoms with Gasteiger partial charge in [0.15, 0.2) is 5.82 Å². The third kappa shape index (κ3) is 2.26. The summed E-state index contributed by atoms with van der Waals surface area (Å²) in [4.78, 5) is 3.78. The van der Waals surface area contributed by atoms with Gasteiger partial charge in [-0.3, -0.25) is 0 Å². The molecule has 17 heavy (non-hydrogen) atoms. The van der Waals surface area contributed by atoms with Gasteiger partial charge in [0, 0.05) is 11.8 Å². The minimum Gasteiger partial charge on any atom is -0.479 e. The Kier molecular flexibility index (Phi) is 3.35. The van der Waals surface area contributed by atoms with Crippen LogP contribution in [-0.4, -0.2) is 17.2 Å². The fourth-order valence-corrected chi connectivity index (χ4v) is 1.58. The first-order valence-electron chi connectivity index (χ1n) is 5.15. The molecule has 2 rings (SSSR count). The van der Waals surface area contributed by atoms with E-state index in [2.05, 4.69) is 4.98 Å². The van der Waals surface area contributed by atoms with E-state index in [1.54, 1.807) is 30.3 Å². The maximum Gasteiger partial charge on any atom is 0.250 e. The van der Waals surface area contributed by atoms with Gasteiger partial charge in [-0.2, -0.15) is 0 Å². The first-order chi connectivity index (χ1) is 8.26. The van der Waals surface area contributed by atoms with Crippen molar-refractivity contribution in [1.82, 2.24) is 4.98 Å². The molecule has 0 spiro atoms. The molecule has 0 fully saturated rings. The van der Waals surface area contributed by atoms with Gasteiger partial charge in [-0.1, -0.05) is 24.3 Å². The molecule has 1 aromatic carbocycles. The summed E-state index contributed by atoms with van der Waals surface area (Å²) in [6.07, 6.45) is 1.50. The summed E-state index contributed by atoms with van der Waals surface area (Å²) in [7, 11) is 1.38. The highest BCUT2D eigenvalue weighted by molar-refractivity contribution is 5.65. The Morgan fingerprint density at radius 2 is 1.94 bits per heavy atom. The predicted octanol–water partition coefficient (Wildman–Crippen LogP) is 2.39. The van der Waals surface area contributed by atoms with Gasteiger partial charge in [-0.15, -0.1) is 0 Å². The lowest BCUT2D eigenvalue weighted by atomic mass is 10.0. The van der Waals surface area contributed by atoms with Crippen molar-refractivity contribution in [1.29, 1.82) is 0 Å². The molecule has 1 heterocycles. The Bertz CT molecular complexity index is 511. The molecule has 0 amide bonds. The summed E-state index contributed by atoms with van der Waals surface area (Å²) in [5.41, 5.74) is 1.94. The first-order valence-corrected chi connectivity index (χ1v) is 5.15. The number of halogens is 1. The van der Waals surface area contributed by atoms with Crippen molar-refractivity contribution in [2.45, 2.75) is 6.61 Å². The number of hydrogen-bond donors (Lipinski definition) is 1. The van der Waals surface area contributed by atoms with E-state index in [-0.39, 0.29) is 12.5 Å². The highest BCUT2D eigenvalue weighted by Crippen LogP contribution is 2.27. The summed E-state index contributed by atoms with van der Waals surface area (Å²) in [6.45, 7) is -0.0254. The standard InChI is InChI=1S/C13H12FNO2/c1-17-13-12(14)11(6-7-15-13)10-4-2-9(8-16)3-5-10/h2-7,16H,8H2,1H3. The van der Waals surface area contributed by atoms with Crippen LogP contribution in [0.15, 0.2) is 36.5 Å². The van der Waals surface area contributed by atoms with Crippen LogP contribution in [0.3, 0.4) is 0 Å². The van der Waals surface area contributed by atoms with Crippen molar-refractivity contribution in [2.24, 2.45) is 0 Å². The van der Waals surface area contributed by atoms with Crippen LogP contribution >= 0.6 is 0 Å². The zero-order valence-corrected chi connectivity index (χ0v) is 9.35. The summed E-state index contributed by atoms with van der Waals surface area (Å²) in [5, 5.41) is 8.93. The van der Waals surface area contributed by atoms with Gasteiger partial charge >= 0.3 is 0 Å². The van der Waals surface area contributed by atoms with Crippen LogP contribution in [0.25, 0.3) is 11.1 Å². The van der Waals surface area contributed by atoms with Crippen molar-refractivity contribution in [3.8, 4) is 17.0 Å². The van der Waals surface area contributed by atoms with E-state index in [0.717, 1.165) is 11.1 Å². The second-order valence-corrected chi connectivity index (χ2v) is 3.54. The van der Waals surface area contributed by atoms with E-state index in [4.69, 9.17) is 9.84 Å². The fraction of sp³-hybridized carbons (Fsp3) is 0.154. The third-order valence-electron chi connectivity index (χ3n) is 2.50. The molecular weight excluding hydrogens is 221 g/mol. The number of aliphatic hydroxyl groups excluding tert-OH is 1. The Hall–Kier alpha value is -1.94. The summed E-state index contributed by atoms with van der Waals surface area (Å²) < 4.78 is 18.7. The van der Waals surface area contributed by atoms with Gasteiger partial charge in [0.1, 0.15) is 0 Å². The highest BCUT2D eigenvalue weighted by Gasteiger charge is 2.11.